The Morgan fingerprint density at radius 3 is 2.40 bits per heavy atom. The fourth-order valence-corrected chi connectivity index (χ4v) is 0.790. The van der Waals surface area contributed by atoms with E-state index in [4.69, 9.17) is 0 Å². The van der Waals surface area contributed by atoms with Gasteiger partial charge in [-0.15, -0.1) is 0 Å². The summed E-state index contributed by atoms with van der Waals surface area (Å²) in [6, 6.07) is 0. The SMILES string of the molecule is CNCC(C)(C)C(=O)OC. The third-order valence-corrected chi connectivity index (χ3v) is 1.36. The molecule has 0 unspecified atom stereocenters. The molecule has 1 N–H and O–H groups in total. The standard InChI is InChI=1S/C7H15NO2/c1-7(2,5-8-3)6(9)10-4/h8H,5H2,1-4H3. The molecule has 3 nitrogen and oxygen atoms in total. The zero-order valence-electron chi connectivity index (χ0n) is 7.02. The van der Waals surface area contributed by atoms with E-state index in [1.54, 1.807) is 0 Å². The Morgan fingerprint density at radius 1 is 1.60 bits per heavy atom. The first kappa shape index (κ1) is 9.43. The maximum atomic E-state index is 11.0. The van der Waals surface area contributed by atoms with Crippen LogP contribution in [0.1, 0.15) is 13.8 Å². The summed E-state index contributed by atoms with van der Waals surface area (Å²) in [5, 5.41) is 2.92. The van der Waals surface area contributed by atoms with Crippen molar-refractivity contribution in [3.05, 3.63) is 0 Å². The summed E-state index contributed by atoms with van der Waals surface area (Å²) in [5.74, 6) is -0.179. The molecule has 0 atom stereocenters. The second-order valence-electron chi connectivity index (χ2n) is 2.91. The molecule has 0 aromatic rings. The van der Waals surface area contributed by atoms with Gasteiger partial charge in [-0.05, 0) is 20.9 Å². The number of nitrogens with one attached hydrogen (secondary N) is 1. The number of rotatable bonds is 3. The van der Waals surface area contributed by atoms with Crippen molar-refractivity contribution in [2.24, 2.45) is 5.41 Å². The molecule has 0 radical (unpaired) electrons. The van der Waals surface area contributed by atoms with E-state index in [2.05, 4.69) is 10.1 Å². The lowest BCUT2D eigenvalue weighted by atomic mass is 9.94. The van der Waals surface area contributed by atoms with Crippen molar-refractivity contribution in [3.8, 4) is 0 Å². The van der Waals surface area contributed by atoms with Gasteiger partial charge >= 0.3 is 5.97 Å². The molecule has 0 aromatic heterocycles. The summed E-state index contributed by atoms with van der Waals surface area (Å²) in [6.07, 6.45) is 0. The molecule has 0 bridgehead atoms. The lowest BCUT2D eigenvalue weighted by Gasteiger charge is -2.20. The molecule has 0 rings (SSSR count). The van der Waals surface area contributed by atoms with Gasteiger partial charge in [-0.25, -0.2) is 0 Å². The van der Waals surface area contributed by atoms with Gasteiger partial charge in [0.1, 0.15) is 0 Å². The highest BCUT2D eigenvalue weighted by Gasteiger charge is 2.27. The normalized spacial score (nSPS) is 11.2. The third-order valence-electron chi connectivity index (χ3n) is 1.36. The molecule has 0 heterocycles. The minimum Gasteiger partial charge on any atom is -0.469 e. The lowest BCUT2D eigenvalue weighted by Crippen LogP contribution is -2.35. The van der Waals surface area contributed by atoms with Crippen LogP contribution in [0.3, 0.4) is 0 Å². The van der Waals surface area contributed by atoms with Crippen molar-refractivity contribution in [3.63, 3.8) is 0 Å². The zero-order valence-corrected chi connectivity index (χ0v) is 7.02. The molecule has 0 aliphatic rings. The van der Waals surface area contributed by atoms with Gasteiger partial charge in [0.2, 0.25) is 0 Å². The first-order chi connectivity index (χ1) is 4.54. The van der Waals surface area contributed by atoms with Crippen molar-refractivity contribution < 1.29 is 9.53 Å². The largest absolute Gasteiger partial charge is 0.469 e. The average Bonchev–Trinajstić information content (AvgIpc) is 1.86. The summed E-state index contributed by atoms with van der Waals surface area (Å²) in [5.41, 5.74) is -0.413. The van der Waals surface area contributed by atoms with Crippen LogP contribution in [0.5, 0.6) is 0 Å². The number of carbonyl (C=O) groups is 1. The molecule has 3 heteroatoms. The minimum atomic E-state index is -0.413. The summed E-state index contributed by atoms with van der Waals surface area (Å²) in [6.45, 7) is 4.32. The predicted octanol–water partition coefficient (Wildman–Crippen LogP) is 0.405. The highest BCUT2D eigenvalue weighted by atomic mass is 16.5. The van der Waals surface area contributed by atoms with Crippen molar-refractivity contribution in [2.45, 2.75) is 13.8 Å². The number of esters is 1. The molecule has 60 valence electrons. The molecule has 10 heavy (non-hydrogen) atoms. The number of ether oxygens (including phenoxy) is 1. The number of methoxy groups -OCH3 is 1. The third kappa shape index (κ3) is 2.35. The maximum Gasteiger partial charge on any atom is 0.312 e. The van der Waals surface area contributed by atoms with E-state index >= 15 is 0 Å². The molecule has 0 spiro atoms. The Balaban J connectivity index is 3.96. The second kappa shape index (κ2) is 3.56. The number of carbonyl (C=O) groups excluding carboxylic acids is 1. The monoisotopic (exact) mass is 145 g/mol. The maximum absolute atomic E-state index is 11.0. The molecule has 0 aliphatic carbocycles. The van der Waals surface area contributed by atoms with Crippen LogP contribution in [-0.4, -0.2) is 26.7 Å². The van der Waals surface area contributed by atoms with Crippen LogP contribution in [0.4, 0.5) is 0 Å². The molecular formula is C7H15NO2. The minimum absolute atomic E-state index is 0.179. The van der Waals surface area contributed by atoms with Crippen LogP contribution in [0.15, 0.2) is 0 Å². The van der Waals surface area contributed by atoms with Gasteiger partial charge in [0.05, 0.1) is 12.5 Å². The summed E-state index contributed by atoms with van der Waals surface area (Å²) in [4.78, 5) is 11.0. The Bertz CT molecular complexity index is 121. The summed E-state index contributed by atoms with van der Waals surface area (Å²) in [7, 11) is 3.21. The smallest absolute Gasteiger partial charge is 0.312 e. The number of hydrogen-bond donors (Lipinski definition) is 1. The highest BCUT2D eigenvalue weighted by Crippen LogP contribution is 2.14. The predicted molar refractivity (Wildman–Crippen MR) is 39.7 cm³/mol. The fourth-order valence-electron chi connectivity index (χ4n) is 0.790. The van der Waals surface area contributed by atoms with E-state index in [1.807, 2.05) is 20.9 Å². The molecule has 0 aliphatic heterocycles. The van der Waals surface area contributed by atoms with Gasteiger partial charge in [-0.2, -0.15) is 0 Å². The lowest BCUT2D eigenvalue weighted by molar-refractivity contribution is -0.150. The van der Waals surface area contributed by atoms with E-state index < -0.39 is 5.41 Å². The Morgan fingerprint density at radius 2 is 2.10 bits per heavy atom. The van der Waals surface area contributed by atoms with E-state index in [-0.39, 0.29) is 5.97 Å². The van der Waals surface area contributed by atoms with Crippen molar-refractivity contribution in [1.29, 1.82) is 0 Å². The molecule has 0 saturated heterocycles. The molecule has 0 saturated carbocycles. The Hall–Kier alpha value is -0.570. The van der Waals surface area contributed by atoms with Crippen LogP contribution < -0.4 is 5.32 Å². The molecule has 0 amide bonds. The van der Waals surface area contributed by atoms with Crippen LogP contribution in [-0.2, 0) is 9.53 Å². The molecule has 0 fully saturated rings. The van der Waals surface area contributed by atoms with Gasteiger partial charge < -0.3 is 10.1 Å². The molecule has 0 aromatic carbocycles. The molecular weight excluding hydrogens is 130 g/mol. The van der Waals surface area contributed by atoms with E-state index in [0.29, 0.717) is 6.54 Å². The first-order valence-corrected chi connectivity index (χ1v) is 3.27. The van der Waals surface area contributed by atoms with Crippen molar-refractivity contribution in [2.75, 3.05) is 20.7 Å². The van der Waals surface area contributed by atoms with Crippen molar-refractivity contribution >= 4 is 5.97 Å². The summed E-state index contributed by atoms with van der Waals surface area (Å²) < 4.78 is 4.59. The topological polar surface area (TPSA) is 38.3 Å². The van der Waals surface area contributed by atoms with Crippen LogP contribution in [0.25, 0.3) is 0 Å². The van der Waals surface area contributed by atoms with Crippen LogP contribution in [0.2, 0.25) is 0 Å². The van der Waals surface area contributed by atoms with Crippen LogP contribution >= 0.6 is 0 Å². The summed E-state index contributed by atoms with van der Waals surface area (Å²) >= 11 is 0. The Kier molecular flexibility index (Phi) is 3.36. The second-order valence-corrected chi connectivity index (χ2v) is 2.91. The van der Waals surface area contributed by atoms with Crippen molar-refractivity contribution in [1.82, 2.24) is 5.32 Å². The average molecular weight is 145 g/mol. The van der Waals surface area contributed by atoms with Gasteiger partial charge in [0.25, 0.3) is 0 Å². The van der Waals surface area contributed by atoms with E-state index in [1.165, 1.54) is 7.11 Å². The Labute approximate surface area is 61.8 Å². The number of hydrogen-bond acceptors (Lipinski definition) is 3. The van der Waals surface area contributed by atoms with Gasteiger partial charge in [-0.3, -0.25) is 4.79 Å². The van der Waals surface area contributed by atoms with Gasteiger partial charge in [0.15, 0.2) is 0 Å². The van der Waals surface area contributed by atoms with Crippen LogP contribution in [0, 0.1) is 5.41 Å². The van der Waals surface area contributed by atoms with Gasteiger partial charge in [0, 0.05) is 6.54 Å². The fraction of sp³-hybridized carbons (Fsp3) is 0.857. The highest BCUT2D eigenvalue weighted by molar-refractivity contribution is 5.75. The van der Waals surface area contributed by atoms with E-state index in [0.717, 1.165) is 0 Å². The quantitative estimate of drug-likeness (QED) is 0.584. The first-order valence-electron chi connectivity index (χ1n) is 3.27. The zero-order chi connectivity index (χ0) is 8.20. The van der Waals surface area contributed by atoms with E-state index in [9.17, 15) is 4.79 Å². The van der Waals surface area contributed by atoms with Gasteiger partial charge in [-0.1, -0.05) is 0 Å².